The van der Waals surface area contributed by atoms with Gasteiger partial charge < -0.3 is 15.0 Å². The van der Waals surface area contributed by atoms with Crippen LogP contribution in [-0.4, -0.2) is 28.4 Å². The first kappa shape index (κ1) is 14.8. The largest absolute Gasteiger partial charge is 0.357 e. The summed E-state index contributed by atoms with van der Waals surface area (Å²) in [6.45, 7) is 6.54. The molecule has 0 spiro atoms. The maximum atomic E-state index is 4.55. The van der Waals surface area contributed by atoms with Crippen LogP contribution in [0.4, 0.5) is 0 Å². The van der Waals surface area contributed by atoms with Gasteiger partial charge in [0.05, 0.1) is 12.2 Å². The lowest BCUT2D eigenvalue weighted by Crippen LogP contribution is -2.37. The minimum atomic E-state index is 0.568. The molecule has 0 fully saturated rings. The van der Waals surface area contributed by atoms with Crippen LogP contribution in [0.3, 0.4) is 0 Å². The van der Waals surface area contributed by atoms with Gasteiger partial charge in [-0.05, 0) is 41.4 Å². The molecule has 108 valence electrons. The summed E-state index contributed by atoms with van der Waals surface area (Å²) in [6, 6.07) is 3.97. The molecule has 0 amide bonds. The van der Waals surface area contributed by atoms with Crippen molar-refractivity contribution in [3.05, 3.63) is 34.7 Å². The van der Waals surface area contributed by atoms with E-state index < -0.39 is 0 Å². The fourth-order valence-electron chi connectivity index (χ4n) is 1.84. The Morgan fingerprint density at radius 1 is 1.30 bits per heavy atom. The van der Waals surface area contributed by atoms with E-state index in [1.807, 2.05) is 28.9 Å². The number of fused-ring (bicyclic) bond motifs is 1. The minimum absolute atomic E-state index is 0.568. The number of nitrogens with one attached hydrogen (secondary N) is 2. The van der Waals surface area contributed by atoms with E-state index in [0.717, 1.165) is 41.3 Å². The summed E-state index contributed by atoms with van der Waals surface area (Å²) >= 11 is 3.46. The molecule has 2 heterocycles. The third-order valence-corrected chi connectivity index (χ3v) is 3.22. The van der Waals surface area contributed by atoms with Gasteiger partial charge in [-0.2, -0.15) is 0 Å². The zero-order valence-corrected chi connectivity index (χ0v) is 13.4. The molecule has 0 unspecified atom stereocenters. The van der Waals surface area contributed by atoms with Gasteiger partial charge in [0, 0.05) is 30.0 Å². The Kier molecular flexibility index (Phi) is 5.40. The number of halogens is 1. The van der Waals surface area contributed by atoms with E-state index in [1.54, 1.807) is 0 Å². The maximum Gasteiger partial charge on any atom is 0.191 e. The zero-order chi connectivity index (χ0) is 14.4. The molecule has 0 radical (unpaired) electrons. The van der Waals surface area contributed by atoms with Crippen LogP contribution < -0.4 is 10.6 Å². The lowest BCUT2D eigenvalue weighted by atomic mass is 10.5. The van der Waals surface area contributed by atoms with Crippen molar-refractivity contribution < 1.29 is 0 Å². The fourth-order valence-corrected chi connectivity index (χ4v) is 2.19. The molecule has 0 aliphatic carbocycles. The minimum Gasteiger partial charge on any atom is -0.357 e. The Balaban J connectivity index is 2.09. The summed E-state index contributed by atoms with van der Waals surface area (Å²) in [6.07, 6.45) is 5.08. The second-order valence-corrected chi connectivity index (χ2v) is 5.38. The van der Waals surface area contributed by atoms with E-state index in [2.05, 4.69) is 50.4 Å². The Labute approximate surface area is 127 Å². The topological polar surface area (TPSA) is 53.7 Å². The van der Waals surface area contributed by atoms with Crippen molar-refractivity contribution in [2.24, 2.45) is 4.99 Å². The molecule has 20 heavy (non-hydrogen) atoms. The molecule has 5 nitrogen and oxygen atoms in total. The van der Waals surface area contributed by atoms with E-state index in [1.165, 1.54) is 0 Å². The van der Waals surface area contributed by atoms with E-state index in [4.69, 9.17) is 0 Å². The van der Waals surface area contributed by atoms with Crippen LogP contribution in [-0.2, 0) is 6.54 Å². The fraction of sp³-hybridized carbons (Fsp3) is 0.429. The monoisotopic (exact) mass is 337 g/mol. The summed E-state index contributed by atoms with van der Waals surface area (Å²) in [4.78, 5) is 9.09. The Morgan fingerprint density at radius 2 is 2.15 bits per heavy atom. The quantitative estimate of drug-likeness (QED) is 0.651. The van der Waals surface area contributed by atoms with Gasteiger partial charge >= 0.3 is 0 Å². The summed E-state index contributed by atoms with van der Waals surface area (Å²) in [5.41, 5.74) is 1.89. The molecule has 0 aliphatic heterocycles. The number of guanidine groups is 1. The number of aliphatic imine (C=N–C) groups is 1. The maximum absolute atomic E-state index is 4.55. The number of aromatic nitrogens is 2. The standard InChI is InChI=1S/C14H20BrN5/c1-3-7-17-14(16-4-2)18-8-12-10-20-9-11(15)5-6-13(20)19-12/h5-6,9-10H,3-4,7-8H2,1-2H3,(H2,16,17,18). The molecule has 0 bridgehead atoms. The van der Waals surface area contributed by atoms with Crippen molar-refractivity contribution in [1.29, 1.82) is 0 Å². The van der Waals surface area contributed by atoms with Crippen LogP contribution in [0.25, 0.3) is 5.65 Å². The van der Waals surface area contributed by atoms with Crippen LogP contribution >= 0.6 is 15.9 Å². The SMILES string of the molecule is CCCNC(=NCc1cn2cc(Br)ccc2n1)NCC. The lowest BCUT2D eigenvalue weighted by molar-refractivity contribution is 0.784. The molecule has 0 aliphatic rings. The first-order valence-corrected chi connectivity index (χ1v) is 7.67. The number of nitrogens with zero attached hydrogens (tertiary/aromatic N) is 3. The van der Waals surface area contributed by atoms with Crippen molar-refractivity contribution in [2.45, 2.75) is 26.8 Å². The number of hydrogen-bond acceptors (Lipinski definition) is 2. The van der Waals surface area contributed by atoms with Gasteiger partial charge in [-0.15, -0.1) is 0 Å². The van der Waals surface area contributed by atoms with Crippen LogP contribution in [0, 0.1) is 0 Å². The number of imidazole rings is 1. The Bertz CT molecular complexity index is 590. The molecule has 2 rings (SSSR count). The predicted octanol–water partition coefficient (Wildman–Crippen LogP) is 2.56. The van der Waals surface area contributed by atoms with Crippen molar-refractivity contribution in [3.63, 3.8) is 0 Å². The van der Waals surface area contributed by atoms with Gasteiger partial charge in [0.25, 0.3) is 0 Å². The smallest absolute Gasteiger partial charge is 0.191 e. The first-order valence-electron chi connectivity index (χ1n) is 6.88. The Hall–Kier alpha value is -1.56. The first-order chi connectivity index (χ1) is 9.72. The molecule has 0 saturated carbocycles. The molecular weight excluding hydrogens is 318 g/mol. The van der Waals surface area contributed by atoms with Crippen molar-refractivity contribution in [2.75, 3.05) is 13.1 Å². The van der Waals surface area contributed by atoms with E-state index in [9.17, 15) is 0 Å². The number of pyridine rings is 1. The van der Waals surface area contributed by atoms with Gasteiger partial charge in [0.15, 0.2) is 5.96 Å². The molecule has 0 saturated heterocycles. The van der Waals surface area contributed by atoms with Crippen LogP contribution in [0.2, 0.25) is 0 Å². The van der Waals surface area contributed by atoms with Gasteiger partial charge in [-0.25, -0.2) is 9.98 Å². The summed E-state index contributed by atoms with van der Waals surface area (Å²) in [7, 11) is 0. The highest BCUT2D eigenvalue weighted by Crippen LogP contribution is 2.12. The van der Waals surface area contributed by atoms with Gasteiger partial charge in [-0.1, -0.05) is 6.92 Å². The van der Waals surface area contributed by atoms with Crippen LogP contribution in [0.5, 0.6) is 0 Å². The molecule has 2 aromatic heterocycles. The molecule has 6 heteroatoms. The second kappa shape index (κ2) is 7.28. The van der Waals surface area contributed by atoms with Crippen LogP contribution in [0.15, 0.2) is 34.0 Å². The Morgan fingerprint density at radius 3 is 2.90 bits per heavy atom. The number of rotatable bonds is 5. The summed E-state index contributed by atoms with van der Waals surface area (Å²) in [5, 5.41) is 6.51. The highest BCUT2D eigenvalue weighted by Gasteiger charge is 2.02. The highest BCUT2D eigenvalue weighted by molar-refractivity contribution is 9.10. The summed E-state index contributed by atoms with van der Waals surface area (Å²) in [5.74, 6) is 0.840. The van der Waals surface area contributed by atoms with Crippen molar-refractivity contribution in [3.8, 4) is 0 Å². The van der Waals surface area contributed by atoms with E-state index >= 15 is 0 Å². The van der Waals surface area contributed by atoms with Gasteiger partial charge in [0.1, 0.15) is 5.65 Å². The third-order valence-electron chi connectivity index (χ3n) is 2.75. The van der Waals surface area contributed by atoms with Crippen LogP contribution in [0.1, 0.15) is 26.0 Å². The normalized spacial score (nSPS) is 11.8. The second-order valence-electron chi connectivity index (χ2n) is 4.47. The highest BCUT2D eigenvalue weighted by atomic mass is 79.9. The zero-order valence-electron chi connectivity index (χ0n) is 11.9. The predicted molar refractivity (Wildman–Crippen MR) is 86.0 cm³/mol. The number of hydrogen-bond donors (Lipinski definition) is 2. The average molecular weight is 338 g/mol. The lowest BCUT2D eigenvalue weighted by Gasteiger charge is -2.09. The van der Waals surface area contributed by atoms with Gasteiger partial charge in [0.2, 0.25) is 0 Å². The van der Waals surface area contributed by atoms with Gasteiger partial charge in [-0.3, -0.25) is 0 Å². The molecule has 0 atom stereocenters. The third kappa shape index (κ3) is 3.96. The van der Waals surface area contributed by atoms with E-state index in [0.29, 0.717) is 6.54 Å². The molecule has 0 aromatic carbocycles. The molecule has 2 N–H and O–H groups in total. The summed E-state index contributed by atoms with van der Waals surface area (Å²) < 4.78 is 3.04. The van der Waals surface area contributed by atoms with E-state index in [-0.39, 0.29) is 0 Å². The molecular formula is C14H20BrN5. The average Bonchev–Trinajstić information content (AvgIpc) is 2.83. The van der Waals surface area contributed by atoms with Crippen molar-refractivity contribution in [1.82, 2.24) is 20.0 Å². The molecule has 2 aromatic rings. The van der Waals surface area contributed by atoms with Crippen molar-refractivity contribution >= 4 is 27.5 Å².